The number of methoxy groups -OCH3 is 1. The highest BCUT2D eigenvalue weighted by molar-refractivity contribution is 5.81. The minimum absolute atomic E-state index is 0.0449. The van der Waals surface area contributed by atoms with Crippen LogP contribution in [0, 0.1) is 10.1 Å². The van der Waals surface area contributed by atoms with Crippen molar-refractivity contribution in [1.29, 1.82) is 0 Å². The fourth-order valence-corrected chi connectivity index (χ4v) is 2.12. The van der Waals surface area contributed by atoms with Crippen LogP contribution in [0.15, 0.2) is 53.7 Å². The van der Waals surface area contributed by atoms with Gasteiger partial charge in [-0.15, -0.1) is 0 Å². The molecule has 2 aromatic rings. The molecule has 0 aliphatic heterocycles. The van der Waals surface area contributed by atoms with E-state index in [2.05, 4.69) is 10.5 Å². The van der Waals surface area contributed by atoms with Crippen LogP contribution in [0.3, 0.4) is 0 Å². The molecule has 0 aliphatic rings. The van der Waals surface area contributed by atoms with E-state index in [0.717, 1.165) is 5.56 Å². The molecule has 0 bridgehead atoms. The molecular weight excluding hydrogens is 338 g/mol. The molecule has 8 heteroatoms. The molecule has 1 unspecified atom stereocenters. The molecule has 0 heterocycles. The maximum absolute atomic E-state index is 12.1. The number of carbonyl (C=O) groups excluding carboxylic acids is 1. The first-order valence-electron chi connectivity index (χ1n) is 7.84. The van der Waals surface area contributed by atoms with Crippen molar-refractivity contribution in [2.24, 2.45) is 5.16 Å². The lowest BCUT2D eigenvalue weighted by Crippen LogP contribution is -2.33. The van der Waals surface area contributed by atoms with Gasteiger partial charge in [0.15, 0.2) is 0 Å². The molecule has 0 aliphatic carbocycles. The number of nitro benzene ring substituents is 1. The lowest BCUT2D eigenvalue weighted by molar-refractivity contribution is -0.384. The first-order valence-corrected chi connectivity index (χ1v) is 7.84. The Kier molecular flexibility index (Phi) is 6.67. The van der Waals surface area contributed by atoms with E-state index in [1.165, 1.54) is 18.3 Å². The van der Waals surface area contributed by atoms with Crippen molar-refractivity contribution in [3.63, 3.8) is 0 Å². The molecule has 26 heavy (non-hydrogen) atoms. The van der Waals surface area contributed by atoms with Crippen molar-refractivity contribution < 1.29 is 19.3 Å². The number of para-hydroxylation sites is 1. The summed E-state index contributed by atoms with van der Waals surface area (Å²) in [6.45, 7) is 1.85. The molecule has 0 fully saturated rings. The zero-order chi connectivity index (χ0) is 18.9. The number of hydrogen-bond donors (Lipinski definition) is 1. The summed E-state index contributed by atoms with van der Waals surface area (Å²) in [6.07, 6.45) is 0.497. The van der Waals surface area contributed by atoms with Crippen LogP contribution in [0.5, 0.6) is 5.75 Å². The molecule has 0 saturated heterocycles. The first kappa shape index (κ1) is 18.9. The molecule has 2 aromatic carbocycles. The van der Waals surface area contributed by atoms with Crippen LogP contribution >= 0.6 is 0 Å². The van der Waals surface area contributed by atoms with Crippen LogP contribution < -0.4 is 10.1 Å². The average molecular weight is 357 g/mol. The fraction of sp³-hybridized carbons (Fsp3) is 0.222. The second kappa shape index (κ2) is 9.16. The van der Waals surface area contributed by atoms with Crippen molar-refractivity contribution in [1.82, 2.24) is 5.32 Å². The first-order chi connectivity index (χ1) is 12.5. The molecule has 1 N–H and O–H groups in total. The number of oxime groups is 1. The van der Waals surface area contributed by atoms with Crippen LogP contribution in [-0.2, 0) is 16.2 Å². The van der Waals surface area contributed by atoms with Crippen LogP contribution in [0.4, 0.5) is 5.69 Å². The number of nitrogens with one attached hydrogen (secondary N) is 1. The molecule has 136 valence electrons. The Morgan fingerprint density at radius 2 is 2.08 bits per heavy atom. The number of ether oxygens (including phenoxy) is 1. The number of nitrogens with zero attached hydrogens (tertiary/aromatic N) is 2. The minimum Gasteiger partial charge on any atom is -0.496 e. The zero-order valence-electron chi connectivity index (χ0n) is 14.4. The largest absolute Gasteiger partial charge is 0.496 e. The maximum atomic E-state index is 12.1. The molecular formula is C18H19N3O5. The van der Waals surface area contributed by atoms with Crippen molar-refractivity contribution in [3.05, 3.63) is 69.8 Å². The monoisotopic (exact) mass is 357 g/mol. The predicted molar refractivity (Wildman–Crippen MR) is 96.1 cm³/mol. The normalized spacial score (nSPS) is 11.8. The van der Waals surface area contributed by atoms with E-state index in [4.69, 9.17) is 9.57 Å². The van der Waals surface area contributed by atoms with E-state index in [-0.39, 0.29) is 11.6 Å². The summed E-state index contributed by atoms with van der Waals surface area (Å²) in [7, 11) is 1.56. The second-order valence-corrected chi connectivity index (χ2v) is 5.36. The van der Waals surface area contributed by atoms with Crippen LogP contribution in [0.1, 0.15) is 18.1 Å². The summed E-state index contributed by atoms with van der Waals surface area (Å²) in [5.41, 5.74) is 1.30. The molecule has 0 saturated carbocycles. The van der Waals surface area contributed by atoms with E-state index in [1.54, 1.807) is 26.2 Å². The van der Waals surface area contributed by atoms with Crippen LogP contribution in [-0.4, -0.2) is 30.3 Å². The van der Waals surface area contributed by atoms with Crippen LogP contribution in [0.25, 0.3) is 0 Å². The van der Waals surface area contributed by atoms with Crippen molar-refractivity contribution in [2.75, 3.05) is 7.11 Å². The highest BCUT2D eigenvalue weighted by atomic mass is 16.6. The summed E-state index contributed by atoms with van der Waals surface area (Å²) in [6, 6.07) is 13.3. The molecule has 8 nitrogen and oxygen atoms in total. The van der Waals surface area contributed by atoms with Gasteiger partial charge in [0.1, 0.15) is 5.75 Å². The zero-order valence-corrected chi connectivity index (χ0v) is 14.4. The lowest BCUT2D eigenvalue weighted by atomic mass is 10.2. The predicted octanol–water partition coefficient (Wildman–Crippen LogP) is 2.66. The summed E-state index contributed by atoms with van der Waals surface area (Å²) >= 11 is 0. The van der Waals surface area contributed by atoms with Crippen LogP contribution in [0.2, 0.25) is 0 Å². The van der Waals surface area contributed by atoms with Gasteiger partial charge >= 0.3 is 0 Å². The number of non-ortho nitro benzene ring substituents is 1. The van der Waals surface area contributed by atoms with Gasteiger partial charge in [-0.05, 0) is 13.0 Å². The van der Waals surface area contributed by atoms with E-state index in [9.17, 15) is 14.9 Å². The smallest absolute Gasteiger partial charge is 0.270 e. The third-order valence-electron chi connectivity index (χ3n) is 3.52. The van der Waals surface area contributed by atoms with E-state index in [1.807, 2.05) is 24.3 Å². The number of carbonyl (C=O) groups is 1. The van der Waals surface area contributed by atoms with Gasteiger partial charge in [-0.2, -0.15) is 0 Å². The van der Waals surface area contributed by atoms with E-state index >= 15 is 0 Å². The standard InChI is InChI=1S/C18H19N3O5/c1-13(18(22)19-12-15-7-3-4-9-17(15)25-2)26-20-11-14-6-5-8-16(10-14)21(23)24/h3-11,13H,12H2,1-2H3,(H,19,22). The highest BCUT2D eigenvalue weighted by Gasteiger charge is 2.14. The van der Waals surface area contributed by atoms with E-state index < -0.39 is 11.0 Å². The second-order valence-electron chi connectivity index (χ2n) is 5.36. The third-order valence-corrected chi connectivity index (χ3v) is 3.52. The van der Waals surface area contributed by atoms with E-state index in [0.29, 0.717) is 17.9 Å². The fourth-order valence-electron chi connectivity index (χ4n) is 2.12. The number of benzene rings is 2. The Labute approximate surface area is 150 Å². The SMILES string of the molecule is COc1ccccc1CNC(=O)C(C)ON=Cc1cccc([N+](=O)[O-])c1. The molecule has 1 atom stereocenters. The van der Waals surface area contributed by atoms with Gasteiger partial charge in [-0.1, -0.05) is 35.5 Å². The third kappa shape index (κ3) is 5.30. The maximum Gasteiger partial charge on any atom is 0.270 e. The highest BCUT2D eigenvalue weighted by Crippen LogP contribution is 2.16. The number of hydrogen-bond acceptors (Lipinski definition) is 6. The Hall–Kier alpha value is -3.42. The number of nitro groups is 1. The van der Waals surface area contributed by atoms with Gasteiger partial charge in [-0.3, -0.25) is 14.9 Å². The van der Waals surface area contributed by atoms with Gasteiger partial charge in [0.05, 0.1) is 18.2 Å². The van der Waals surface area contributed by atoms with Gasteiger partial charge < -0.3 is 14.9 Å². The Bertz CT molecular complexity index is 807. The summed E-state index contributed by atoms with van der Waals surface area (Å²) in [4.78, 5) is 27.4. The van der Waals surface area contributed by atoms with Crippen molar-refractivity contribution in [2.45, 2.75) is 19.6 Å². The van der Waals surface area contributed by atoms with Gasteiger partial charge in [0.2, 0.25) is 6.10 Å². The van der Waals surface area contributed by atoms with Gasteiger partial charge in [-0.25, -0.2) is 0 Å². The molecule has 0 aromatic heterocycles. The minimum atomic E-state index is -0.820. The Balaban J connectivity index is 1.87. The van der Waals surface area contributed by atoms with Gasteiger partial charge in [0, 0.05) is 29.8 Å². The number of rotatable bonds is 8. The summed E-state index contributed by atoms with van der Waals surface area (Å²) in [5.74, 6) is 0.345. The summed E-state index contributed by atoms with van der Waals surface area (Å²) < 4.78 is 5.22. The lowest BCUT2D eigenvalue weighted by Gasteiger charge is -2.12. The quantitative estimate of drug-likeness (QED) is 0.444. The summed E-state index contributed by atoms with van der Waals surface area (Å²) in [5, 5.41) is 17.2. The average Bonchev–Trinajstić information content (AvgIpc) is 2.66. The topological polar surface area (TPSA) is 103 Å². The van der Waals surface area contributed by atoms with Crippen molar-refractivity contribution >= 4 is 17.8 Å². The van der Waals surface area contributed by atoms with Gasteiger partial charge in [0.25, 0.3) is 11.6 Å². The Morgan fingerprint density at radius 3 is 2.81 bits per heavy atom. The molecule has 0 spiro atoms. The molecule has 2 rings (SSSR count). The number of amides is 1. The Morgan fingerprint density at radius 1 is 1.31 bits per heavy atom. The van der Waals surface area contributed by atoms with Crippen molar-refractivity contribution in [3.8, 4) is 5.75 Å². The molecule has 0 radical (unpaired) electrons. The molecule has 1 amide bonds.